The molecule has 0 saturated carbocycles. The third kappa shape index (κ3) is 4.99. The van der Waals surface area contributed by atoms with E-state index in [9.17, 15) is 0 Å². The molecule has 0 aliphatic rings. The topological polar surface area (TPSA) is 119 Å². The molecule has 0 aromatic carbocycles. The van der Waals surface area contributed by atoms with Crippen molar-refractivity contribution in [2.24, 2.45) is 0 Å². The van der Waals surface area contributed by atoms with Crippen LogP contribution in [0.3, 0.4) is 0 Å². The van der Waals surface area contributed by atoms with Gasteiger partial charge >= 0.3 is 0 Å². The Hall–Kier alpha value is -2.04. The number of anilines is 3. The first-order valence-corrected chi connectivity index (χ1v) is 5.95. The van der Waals surface area contributed by atoms with Gasteiger partial charge in [0.2, 0.25) is 0 Å². The highest BCUT2D eigenvalue weighted by Crippen LogP contribution is 2.21. The smallest absolute Gasteiger partial charge is 0.148 e. The Bertz CT molecular complexity index is 444. The summed E-state index contributed by atoms with van der Waals surface area (Å²) in [7, 11) is 1.63. The molecule has 7 heteroatoms. The molecule has 0 unspecified atom stereocenters. The maximum absolute atomic E-state index is 9.00. The Kier molecular flexibility index (Phi) is 6.43. The molecule has 1 aromatic rings. The van der Waals surface area contributed by atoms with Gasteiger partial charge in [0, 0.05) is 26.3 Å². The highest BCUT2D eigenvalue weighted by Gasteiger charge is 2.08. The average Bonchev–Trinajstić information content (AvgIpc) is 2.37. The Morgan fingerprint density at radius 2 is 2.16 bits per heavy atom. The quantitative estimate of drug-likeness (QED) is 0.588. The van der Waals surface area contributed by atoms with Crippen LogP contribution in [0.15, 0.2) is 6.07 Å². The summed E-state index contributed by atoms with van der Waals surface area (Å²) >= 11 is 0. The zero-order valence-corrected chi connectivity index (χ0v) is 11.0. The first-order valence-electron chi connectivity index (χ1n) is 5.95. The summed E-state index contributed by atoms with van der Waals surface area (Å²) in [5, 5.41) is 12.0. The molecule has 0 fully saturated rings. The number of nitriles is 1. The van der Waals surface area contributed by atoms with E-state index < -0.39 is 0 Å². The summed E-state index contributed by atoms with van der Waals surface area (Å²) in [4.78, 5) is 4.06. The molecular formula is C12H19N5O2. The lowest BCUT2D eigenvalue weighted by Gasteiger charge is -2.10. The first-order chi connectivity index (χ1) is 9.19. The molecule has 1 heterocycles. The van der Waals surface area contributed by atoms with E-state index in [1.54, 1.807) is 7.11 Å². The third-order valence-corrected chi connectivity index (χ3v) is 2.37. The summed E-state index contributed by atoms with van der Waals surface area (Å²) < 4.78 is 10.2. The summed E-state index contributed by atoms with van der Waals surface area (Å²) in [5.74, 6) is 0.701. The van der Waals surface area contributed by atoms with Gasteiger partial charge in [-0.2, -0.15) is 5.26 Å². The normalized spacial score (nSPS) is 10.1. The van der Waals surface area contributed by atoms with E-state index in [2.05, 4.69) is 10.3 Å². The van der Waals surface area contributed by atoms with E-state index in [1.165, 1.54) is 6.07 Å². The Labute approximate surface area is 112 Å². The van der Waals surface area contributed by atoms with Crippen LogP contribution in [0.1, 0.15) is 12.0 Å². The van der Waals surface area contributed by atoms with Crippen molar-refractivity contribution in [2.75, 3.05) is 50.3 Å². The van der Waals surface area contributed by atoms with Gasteiger partial charge in [0.1, 0.15) is 23.3 Å². The van der Waals surface area contributed by atoms with Crippen molar-refractivity contribution in [2.45, 2.75) is 6.42 Å². The fourth-order valence-electron chi connectivity index (χ4n) is 1.46. The zero-order chi connectivity index (χ0) is 14.1. The molecule has 0 aliphatic heterocycles. The van der Waals surface area contributed by atoms with E-state index in [-0.39, 0.29) is 5.82 Å². The molecule has 1 rings (SSSR count). The molecule has 104 valence electrons. The third-order valence-electron chi connectivity index (χ3n) is 2.37. The summed E-state index contributed by atoms with van der Waals surface area (Å²) in [6, 6.07) is 3.48. The van der Waals surface area contributed by atoms with E-state index in [0.717, 1.165) is 6.42 Å². The van der Waals surface area contributed by atoms with Crippen molar-refractivity contribution in [1.29, 1.82) is 5.26 Å². The van der Waals surface area contributed by atoms with E-state index in [0.29, 0.717) is 43.4 Å². The van der Waals surface area contributed by atoms with Crippen LogP contribution in [0, 0.1) is 11.3 Å². The lowest BCUT2D eigenvalue weighted by Crippen LogP contribution is -2.11. The number of methoxy groups -OCH3 is 1. The van der Waals surface area contributed by atoms with Crippen molar-refractivity contribution < 1.29 is 9.47 Å². The first kappa shape index (κ1) is 15.0. The summed E-state index contributed by atoms with van der Waals surface area (Å²) in [6.45, 7) is 2.39. The molecule has 0 spiro atoms. The molecule has 0 bridgehead atoms. The number of hydrogen-bond donors (Lipinski definition) is 3. The van der Waals surface area contributed by atoms with Crippen molar-refractivity contribution in [1.82, 2.24) is 4.98 Å². The molecule has 0 radical (unpaired) electrons. The minimum Gasteiger partial charge on any atom is -0.397 e. The van der Waals surface area contributed by atoms with Gasteiger partial charge in [-0.05, 0) is 6.42 Å². The second-order valence-electron chi connectivity index (χ2n) is 3.86. The molecule has 5 N–H and O–H groups in total. The van der Waals surface area contributed by atoms with Gasteiger partial charge in [-0.3, -0.25) is 0 Å². The number of nitrogen functional groups attached to an aromatic ring is 2. The minimum atomic E-state index is 0.287. The van der Waals surface area contributed by atoms with Crippen LogP contribution >= 0.6 is 0 Å². The van der Waals surface area contributed by atoms with Crippen LogP contribution in [0.5, 0.6) is 0 Å². The number of ether oxygens (including phenoxy) is 2. The molecule has 0 amide bonds. The van der Waals surface area contributed by atoms with Gasteiger partial charge in [0.25, 0.3) is 0 Å². The van der Waals surface area contributed by atoms with Crippen LogP contribution in [-0.4, -0.2) is 38.5 Å². The van der Waals surface area contributed by atoms with Crippen molar-refractivity contribution in [3.05, 3.63) is 11.6 Å². The van der Waals surface area contributed by atoms with Crippen molar-refractivity contribution in [3.8, 4) is 6.07 Å². The van der Waals surface area contributed by atoms with Crippen molar-refractivity contribution in [3.63, 3.8) is 0 Å². The van der Waals surface area contributed by atoms with Crippen LogP contribution < -0.4 is 16.8 Å². The van der Waals surface area contributed by atoms with Gasteiger partial charge in [-0.1, -0.05) is 0 Å². The van der Waals surface area contributed by atoms with Crippen LogP contribution in [0.4, 0.5) is 17.3 Å². The van der Waals surface area contributed by atoms with Gasteiger partial charge in [0.15, 0.2) is 0 Å². The van der Waals surface area contributed by atoms with E-state index >= 15 is 0 Å². The minimum absolute atomic E-state index is 0.287. The average molecular weight is 265 g/mol. The molecule has 1 aromatic heterocycles. The summed E-state index contributed by atoms with van der Waals surface area (Å²) in [5.41, 5.74) is 11.9. The number of rotatable bonds is 8. The van der Waals surface area contributed by atoms with E-state index in [1.807, 2.05) is 6.07 Å². The largest absolute Gasteiger partial charge is 0.397 e. The Morgan fingerprint density at radius 3 is 2.84 bits per heavy atom. The number of pyridine rings is 1. The maximum atomic E-state index is 9.00. The SMILES string of the molecule is COCCOCCCNc1nc(N)cc(N)c1C#N. The second-order valence-corrected chi connectivity index (χ2v) is 3.86. The maximum Gasteiger partial charge on any atom is 0.148 e. The number of nitrogens with zero attached hydrogens (tertiary/aromatic N) is 2. The standard InChI is InChI=1S/C12H19N5O2/c1-18-5-6-19-4-2-3-16-12-9(8-13)10(14)7-11(15)17-12/h7H,2-6H2,1H3,(H5,14,15,16,17). The van der Waals surface area contributed by atoms with Crippen LogP contribution in [-0.2, 0) is 9.47 Å². The molecule has 0 aliphatic carbocycles. The van der Waals surface area contributed by atoms with Gasteiger partial charge in [-0.15, -0.1) is 0 Å². The molecular weight excluding hydrogens is 246 g/mol. The zero-order valence-electron chi connectivity index (χ0n) is 11.0. The van der Waals surface area contributed by atoms with E-state index in [4.69, 9.17) is 26.2 Å². The molecule has 0 saturated heterocycles. The number of aromatic nitrogens is 1. The fraction of sp³-hybridized carbons (Fsp3) is 0.500. The van der Waals surface area contributed by atoms with Gasteiger partial charge in [0.05, 0.1) is 18.9 Å². The van der Waals surface area contributed by atoms with Crippen LogP contribution in [0.25, 0.3) is 0 Å². The molecule has 19 heavy (non-hydrogen) atoms. The number of hydrogen-bond acceptors (Lipinski definition) is 7. The summed E-state index contributed by atoms with van der Waals surface area (Å²) in [6.07, 6.45) is 0.783. The van der Waals surface area contributed by atoms with Gasteiger partial charge in [-0.25, -0.2) is 4.98 Å². The number of nitrogens with two attached hydrogens (primary N) is 2. The fourth-order valence-corrected chi connectivity index (χ4v) is 1.46. The molecule has 0 atom stereocenters. The monoisotopic (exact) mass is 265 g/mol. The van der Waals surface area contributed by atoms with Gasteiger partial charge < -0.3 is 26.3 Å². The Morgan fingerprint density at radius 1 is 1.37 bits per heavy atom. The van der Waals surface area contributed by atoms with Crippen LogP contribution in [0.2, 0.25) is 0 Å². The predicted octanol–water partition coefficient (Wildman–Crippen LogP) is 0.583. The predicted molar refractivity (Wildman–Crippen MR) is 73.6 cm³/mol. The Balaban J connectivity index is 2.39. The second kappa shape index (κ2) is 8.13. The lowest BCUT2D eigenvalue weighted by atomic mass is 10.2. The molecule has 7 nitrogen and oxygen atoms in total. The lowest BCUT2D eigenvalue weighted by molar-refractivity contribution is 0.0705. The number of nitrogens with one attached hydrogen (secondary N) is 1. The highest BCUT2D eigenvalue weighted by atomic mass is 16.5. The highest BCUT2D eigenvalue weighted by molar-refractivity contribution is 5.69. The van der Waals surface area contributed by atoms with Crippen molar-refractivity contribution >= 4 is 17.3 Å².